The molecule has 4 nitrogen and oxygen atoms in total. The van der Waals surface area contributed by atoms with E-state index in [9.17, 15) is 0 Å². The van der Waals surface area contributed by atoms with Crippen molar-refractivity contribution >= 4 is 34.4 Å². The number of likely N-dealkylation sites (tertiary alicyclic amines) is 1. The molecular formula is C15H20N4S2. The molecule has 2 heterocycles. The summed E-state index contributed by atoms with van der Waals surface area (Å²) in [4.78, 5) is 2.40. The second kappa shape index (κ2) is 6.25. The number of aryl methyl sites for hydroxylation is 2. The van der Waals surface area contributed by atoms with Gasteiger partial charge in [-0.05, 0) is 75.3 Å². The van der Waals surface area contributed by atoms with Gasteiger partial charge in [0, 0.05) is 5.69 Å². The zero-order chi connectivity index (χ0) is 14.8. The molecule has 0 unspecified atom stereocenters. The number of nitrogens with one attached hydrogen (secondary N) is 1. The fourth-order valence-electron chi connectivity index (χ4n) is 2.50. The molecule has 0 spiro atoms. The van der Waals surface area contributed by atoms with Crippen molar-refractivity contribution in [2.75, 3.05) is 18.4 Å². The van der Waals surface area contributed by atoms with Crippen molar-refractivity contribution < 1.29 is 0 Å². The van der Waals surface area contributed by atoms with Gasteiger partial charge >= 0.3 is 0 Å². The van der Waals surface area contributed by atoms with Crippen molar-refractivity contribution in [1.82, 2.24) is 14.7 Å². The van der Waals surface area contributed by atoms with Crippen LogP contribution < -0.4 is 5.32 Å². The summed E-state index contributed by atoms with van der Waals surface area (Å²) in [7, 11) is 0. The molecule has 0 aliphatic carbocycles. The van der Waals surface area contributed by atoms with E-state index in [2.05, 4.69) is 47.4 Å². The predicted molar refractivity (Wildman–Crippen MR) is 90.9 cm³/mol. The molecule has 0 saturated carbocycles. The van der Waals surface area contributed by atoms with Gasteiger partial charge in [0.15, 0.2) is 3.95 Å². The van der Waals surface area contributed by atoms with Crippen molar-refractivity contribution in [3.8, 4) is 0 Å². The summed E-state index contributed by atoms with van der Waals surface area (Å²) < 4.78 is 2.75. The first-order valence-corrected chi connectivity index (χ1v) is 8.49. The number of anilines is 2. The summed E-state index contributed by atoms with van der Waals surface area (Å²) >= 11 is 6.95. The van der Waals surface area contributed by atoms with Gasteiger partial charge in [0.2, 0.25) is 5.13 Å². The van der Waals surface area contributed by atoms with Gasteiger partial charge in [-0.15, -0.1) is 5.10 Å². The highest BCUT2D eigenvalue weighted by molar-refractivity contribution is 7.73. The molecule has 1 aliphatic rings. The van der Waals surface area contributed by atoms with E-state index in [0.29, 0.717) is 0 Å². The van der Waals surface area contributed by atoms with E-state index in [1.165, 1.54) is 35.3 Å². The first kappa shape index (κ1) is 14.7. The minimum absolute atomic E-state index is 0.809. The van der Waals surface area contributed by atoms with Gasteiger partial charge < -0.3 is 5.32 Å². The third kappa shape index (κ3) is 3.51. The molecule has 2 aromatic rings. The molecule has 1 fully saturated rings. The third-order valence-electron chi connectivity index (χ3n) is 3.90. The van der Waals surface area contributed by atoms with Crippen LogP contribution in [0.2, 0.25) is 0 Å². The molecule has 1 aromatic heterocycles. The number of benzene rings is 1. The van der Waals surface area contributed by atoms with Crippen molar-refractivity contribution in [3.63, 3.8) is 0 Å². The number of aromatic nitrogens is 2. The second-order valence-electron chi connectivity index (χ2n) is 5.56. The van der Waals surface area contributed by atoms with Crippen LogP contribution in [0.25, 0.3) is 0 Å². The van der Waals surface area contributed by atoms with Crippen LogP contribution in [0.4, 0.5) is 10.8 Å². The van der Waals surface area contributed by atoms with Crippen LogP contribution in [0.1, 0.15) is 24.0 Å². The molecule has 6 heteroatoms. The minimum atomic E-state index is 0.809. The van der Waals surface area contributed by atoms with E-state index in [1.54, 1.807) is 0 Å². The van der Waals surface area contributed by atoms with Crippen LogP contribution in [0.5, 0.6) is 0 Å². The zero-order valence-corrected chi connectivity index (χ0v) is 14.1. The Balaban J connectivity index is 1.73. The van der Waals surface area contributed by atoms with Gasteiger partial charge in [-0.2, -0.15) is 0 Å². The van der Waals surface area contributed by atoms with Crippen LogP contribution in [0.3, 0.4) is 0 Å². The highest BCUT2D eigenvalue weighted by Gasteiger charge is 2.13. The molecule has 21 heavy (non-hydrogen) atoms. The van der Waals surface area contributed by atoms with E-state index < -0.39 is 0 Å². The summed E-state index contributed by atoms with van der Waals surface area (Å²) in [5.74, 6) is 0. The maximum Gasteiger partial charge on any atom is 0.209 e. The average molecular weight is 320 g/mol. The lowest BCUT2D eigenvalue weighted by molar-refractivity contribution is 0.255. The number of nitrogens with zero attached hydrogens (tertiary/aromatic N) is 3. The van der Waals surface area contributed by atoms with E-state index in [4.69, 9.17) is 12.2 Å². The minimum Gasteiger partial charge on any atom is -0.330 e. The Labute approximate surface area is 134 Å². The summed E-state index contributed by atoms with van der Waals surface area (Å²) in [5.41, 5.74) is 3.64. The van der Waals surface area contributed by atoms with Crippen molar-refractivity contribution in [1.29, 1.82) is 0 Å². The van der Waals surface area contributed by atoms with E-state index >= 15 is 0 Å². The molecule has 0 atom stereocenters. The summed E-state index contributed by atoms with van der Waals surface area (Å²) in [6.07, 6.45) is 2.57. The molecule has 3 rings (SSSR count). The van der Waals surface area contributed by atoms with Crippen LogP contribution >= 0.6 is 23.6 Å². The van der Waals surface area contributed by atoms with Crippen molar-refractivity contribution in [2.24, 2.45) is 0 Å². The van der Waals surface area contributed by atoms with Crippen LogP contribution in [-0.4, -0.2) is 27.8 Å². The Morgan fingerprint density at radius 2 is 2.00 bits per heavy atom. The monoisotopic (exact) mass is 320 g/mol. The number of hydrogen-bond acceptors (Lipinski definition) is 5. The Morgan fingerprint density at radius 1 is 1.24 bits per heavy atom. The molecule has 1 N–H and O–H groups in total. The van der Waals surface area contributed by atoms with Crippen LogP contribution in [0.15, 0.2) is 18.2 Å². The van der Waals surface area contributed by atoms with Gasteiger partial charge in [0.25, 0.3) is 0 Å². The molecule has 1 aliphatic heterocycles. The zero-order valence-electron chi connectivity index (χ0n) is 12.4. The molecule has 112 valence electrons. The first-order valence-electron chi connectivity index (χ1n) is 7.26. The molecule has 1 saturated heterocycles. The first-order chi connectivity index (χ1) is 10.1. The van der Waals surface area contributed by atoms with Gasteiger partial charge in [-0.25, -0.2) is 4.68 Å². The third-order valence-corrected chi connectivity index (χ3v) is 5.12. The molecule has 0 radical (unpaired) electrons. The topological polar surface area (TPSA) is 33.1 Å². The van der Waals surface area contributed by atoms with E-state index in [0.717, 1.165) is 34.5 Å². The fraction of sp³-hybridized carbons (Fsp3) is 0.467. The lowest BCUT2D eigenvalue weighted by Gasteiger charge is -2.13. The lowest BCUT2D eigenvalue weighted by atomic mass is 10.1. The SMILES string of the molecule is Cc1ccc(Nc2nn(CN3CCCC3)c(=S)s2)cc1C. The van der Waals surface area contributed by atoms with Gasteiger partial charge in [-0.1, -0.05) is 17.4 Å². The maximum atomic E-state index is 5.42. The van der Waals surface area contributed by atoms with E-state index in [1.807, 2.05) is 4.68 Å². The summed E-state index contributed by atoms with van der Waals surface area (Å²) in [6.45, 7) is 7.35. The van der Waals surface area contributed by atoms with Gasteiger partial charge in [0.1, 0.15) is 0 Å². The Kier molecular flexibility index (Phi) is 4.37. The molecule has 0 bridgehead atoms. The van der Waals surface area contributed by atoms with Crippen LogP contribution in [0, 0.1) is 17.8 Å². The Hall–Kier alpha value is -1.24. The normalized spacial score (nSPS) is 15.5. The van der Waals surface area contributed by atoms with Crippen molar-refractivity contribution in [3.05, 3.63) is 33.3 Å². The van der Waals surface area contributed by atoms with Crippen LogP contribution in [-0.2, 0) is 6.67 Å². The van der Waals surface area contributed by atoms with Gasteiger partial charge in [0.05, 0.1) is 6.67 Å². The second-order valence-corrected chi connectivity index (χ2v) is 7.19. The molecule has 1 aromatic carbocycles. The summed E-state index contributed by atoms with van der Waals surface area (Å²) in [6, 6.07) is 6.35. The average Bonchev–Trinajstić information content (AvgIpc) is 3.06. The maximum absolute atomic E-state index is 5.42. The predicted octanol–water partition coefficient (Wildman–Crippen LogP) is 4.09. The standard InChI is InChI=1S/C15H20N4S2/c1-11-5-6-13(9-12(11)2)16-14-17-19(15(20)21-14)10-18-7-3-4-8-18/h5-6,9H,3-4,7-8,10H2,1-2H3,(H,16,17). The smallest absolute Gasteiger partial charge is 0.209 e. The lowest BCUT2D eigenvalue weighted by Crippen LogP contribution is -2.23. The molecule has 0 amide bonds. The number of rotatable bonds is 4. The highest BCUT2D eigenvalue weighted by atomic mass is 32.1. The van der Waals surface area contributed by atoms with Gasteiger partial charge in [-0.3, -0.25) is 4.90 Å². The molecular weight excluding hydrogens is 300 g/mol. The highest BCUT2D eigenvalue weighted by Crippen LogP contribution is 2.22. The van der Waals surface area contributed by atoms with E-state index in [-0.39, 0.29) is 0 Å². The fourth-order valence-corrected chi connectivity index (χ4v) is 3.52. The quantitative estimate of drug-likeness (QED) is 0.860. The Bertz CT molecular complexity index is 683. The summed E-state index contributed by atoms with van der Waals surface area (Å²) in [5, 5.41) is 8.82. The Morgan fingerprint density at radius 3 is 2.71 bits per heavy atom. The van der Waals surface area contributed by atoms with Crippen molar-refractivity contribution in [2.45, 2.75) is 33.4 Å². The largest absolute Gasteiger partial charge is 0.330 e. The number of hydrogen-bond donors (Lipinski definition) is 1.